The fourth-order valence-corrected chi connectivity index (χ4v) is 2.42. The van der Waals surface area contributed by atoms with Crippen molar-refractivity contribution in [3.05, 3.63) is 36.5 Å². The molecule has 0 saturated heterocycles. The predicted octanol–water partition coefficient (Wildman–Crippen LogP) is 5.12. The van der Waals surface area contributed by atoms with Gasteiger partial charge in [0.1, 0.15) is 0 Å². The first kappa shape index (κ1) is 24.0. The molecule has 0 aliphatic rings. The summed E-state index contributed by atoms with van der Waals surface area (Å²) in [5.41, 5.74) is 3.24. The van der Waals surface area contributed by atoms with Crippen LogP contribution in [0.5, 0.6) is 0 Å². The third kappa shape index (κ3) is 11.5. The SMILES string of the molecule is C=C(C)CCCNC(=O)N(CCCC(=C)C)C(=O)N(C)CCCC(=C)C. The Morgan fingerprint density at radius 2 is 1.27 bits per heavy atom. The van der Waals surface area contributed by atoms with Crippen LogP contribution in [-0.4, -0.2) is 48.5 Å². The molecule has 0 bridgehead atoms. The molecule has 0 spiro atoms. The van der Waals surface area contributed by atoms with Gasteiger partial charge in [0.25, 0.3) is 0 Å². The summed E-state index contributed by atoms with van der Waals surface area (Å²) in [6.07, 6.45) is 4.93. The van der Waals surface area contributed by atoms with Gasteiger partial charge in [0.15, 0.2) is 0 Å². The Labute approximate surface area is 159 Å². The molecular weight excluding hydrogens is 326 g/mol. The van der Waals surface area contributed by atoms with E-state index in [1.165, 1.54) is 4.90 Å². The van der Waals surface area contributed by atoms with Gasteiger partial charge in [0.2, 0.25) is 0 Å². The molecule has 0 heterocycles. The molecule has 0 aliphatic heterocycles. The minimum atomic E-state index is -0.329. The van der Waals surface area contributed by atoms with Gasteiger partial charge >= 0.3 is 12.1 Å². The van der Waals surface area contributed by atoms with Gasteiger partial charge in [-0.2, -0.15) is 0 Å². The zero-order valence-electron chi connectivity index (χ0n) is 17.2. The molecule has 0 aromatic heterocycles. The van der Waals surface area contributed by atoms with E-state index in [2.05, 4.69) is 25.1 Å². The molecule has 0 fully saturated rings. The largest absolute Gasteiger partial charge is 0.338 e. The molecule has 1 N–H and O–H groups in total. The Morgan fingerprint density at radius 1 is 0.808 bits per heavy atom. The number of hydrogen-bond acceptors (Lipinski definition) is 2. The zero-order valence-corrected chi connectivity index (χ0v) is 17.2. The van der Waals surface area contributed by atoms with Crippen LogP contribution in [0, 0.1) is 0 Å². The number of amides is 4. The van der Waals surface area contributed by atoms with Crippen LogP contribution >= 0.6 is 0 Å². The van der Waals surface area contributed by atoms with Crippen LogP contribution in [0.1, 0.15) is 59.3 Å². The van der Waals surface area contributed by atoms with Crippen molar-refractivity contribution in [1.82, 2.24) is 15.1 Å². The van der Waals surface area contributed by atoms with E-state index < -0.39 is 0 Å². The zero-order chi connectivity index (χ0) is 20.1. The Kier molecular flexibility index (Phi) is 12.2. The normalized spacial score (nSPS) is 10.2. The molecule has 4 amide bonds. The first-order valence-electron chi connectivity index (χ1n) is 9.38. The highest BCUT2D eigenvalue weighted by molar-refractivity contribution is 5.93. The standard InChI is InChI=1S/C21H37N3O2/c1-17(2)11-8-14-22-20(25)24(16-10-13-19(5)6)21(26)23(7)15-9-12-18(3)4/h1,3,5,8-16H2,2,4,6-7H3,(H,22,25). The van der Waals surface area contributed by atoms with Crippen molar-refractivity contribution in [3.8, 4) is 0 Å². The first-order chi connectivity index (χ1) is 12.1. The van der Waals surface area contributed by atoms with E-state index in [0.717, 1.165) is 55.2 Å². The minimum Gasteiger partial charge on any atom is -0.338 e. The first-order valence-corrected chi connectivity index (χ1v) is 9.38. The van der Waals surface area contributed by atoms with Gasteiger partial charge in [-0.25, -0.2) is 14.5 Å². The summed E-state index contributed by atoms with van der Waals surface area (Å²) in [5.74, 6) is 0. The third-order valence-electron chi connectivity index (χ3n) is 3.94. The lowest BCUT2D eigenvalue weighted by atomic mass is 10.2. The number of allylic oxidation sites excluding steroid dienone is 3. The number of nitrogens with zero attached hydrogens (tertiary/aromatic N) is 2. The van der Waals surface area contributed by atoms with Gasteiger partial charge in [-0.05, 0) is 59.3 Å². The topological polar surface area (TPSA) is 52.7 Å². The van der Waals surface area contributed by atoms with E-state index in [4.69, 9.17) is 0 Å². The molecule has 5 heteroatoms. The summed E-state index contributed by atoms with van der Waals surface area (Å²) in [6.45, 7) is 19.0. The molecule has 5 nitrogen and oxygen atoms in total. The number of rotatable bonds is 12. The van der Waals surface area contributed by atoms with Crippen molar-refractivity contribution in [3.63, 3.8) is 0 Å². The maximum absolute atomic E-state index is 12.7. The number of urea groups is 2. The van der Waals surface area contributed by atoms with Crippen LogP contribution in [0.25, 0.3) is 0 Å². The Balaban J connectivity index is 4.70. The monoisotopic (exact) mass is 363 g/mol. The van der Waals surface area contributed by atoms with Crippen molar-refractivity contribution < 1.29 is 9.59 Å². The second kappa shape index (κ2) is 13.2. The Morgan fingerprint density at radius 3 is 1.77 bits per heavy atom. The molecule has 0 saturated carbocycles. The quantitative estimate of drug-likeness (QED) is 0.386. The summed E-state index contributed by atoms with van der Waals surface area (Å²) in [6, 6.07) is -0.587. The maximum atomic E-state index is 12.7. The van der Waals surface area contributed by atoms with E-state index in [-0.39, 0.29) is 12.1 Å². The number of nitrogens with one attached hydrogen (secondary N) is 1. The van der Waals surface area contributed by atoms with Gasteiger partial charge in [0.05, 0.1) is 0 Å². The van der Waals surface area contributed by atoms with Gasteiger partial charge in [-0.1, -0.05) is 16.7 Å². The number of imide groups is 1. The lowest BCUT2D eigenvalue weighted by Crippen LogP contribution is -2.49. The second-order valence-corrected chi connectivity index (χ2v) is 7.27. The highest BCUT2D eigenvalue weighted by atomic mass is 16.2. The summed E-state index contributed by atoms with van der Waals surface area (Å²) in [4.78, 5) is 28.1. The van der Waals surface area contributed by atoms with Crippen molar-refractivity contribution in [2.45, 2.75) is 59.3 Å². The van der Waals surface area contributed by atoms with Crippen LogP contribution in [-0.2, 0) is 0 Å². The van der Waals surface area contributed by atoms with E-state index in [1.807, 2.05) is 20.8 Å². The Hall–Kier alpha value is -2.04. The van der Waals surface area contributed by atoms with Crippen LogP contribution in [0.2, 0.25) is 0 Å². The molecular formula is C21H37N3O2. The molecule has 0 radical (unpaired) electrons. The molecule has 26 heavy (non-hydrogen) atoms. The van der Waals surface area contributed by atoms with Crippen LogP contribution in [0.4, 0.5) is 9.59 Å². The highest BCUT2D eigenvalue weighted by Crippen LogP contribution is 2.08. The summed E-state index contributed by atoms with van der Waals surface area (Å²) in [7, 11) is 1.74. The Bertz CT molecular complexity index is 511. The van der Waals surface area contributed by atoms with Crippen molar-refractivity contribution in [1.29, 1.82) is 0 Å². The molecule has 0 rings (SSSR count). The van der Waals surface area contributed by atoms with Crippen molar-refractivity contribution >= 4 is 12.1 Å². The summed E-state index contributed by atoms with van der Waals surface area (Å²) in [5, 5.41) is 2.85. The molecule has 148 valence electrons. The third-order valence-corrected chi connectivity index (χ3v) is 3.94. The highest BCUT2D eigenvalue weighted by Gasteiger charge is 2.23. The average molecular weight is 364 g/mol. The van der Waals surface area contributed by atoms with Crippen molar-refractivity contribution in [2.75, 3.05) is 26.7 Å². The van der Waals surface area contributed by atoms with Gasteiger partial charge in [-0.3, -0.25) is 0 Å². The molecule has 0 unspecified atom stereocenters. The number of carbonyl (C=O) groups is 2. The second-order valence-electron chi connectivity index (χ2n) is 7.27. The maximum Gasteiger partial charge on any atom is 0.327 e. The summed E-state index contributed by atoms with van der Waals surface area (Å²) >= 11 is 0. The van der Waals surface area contributed by atoms with Gasteiger partial charge < -0.3 is 10.2 Å². The number of hydrogen-bond donors (Lipinski definition) is 1. The van der Waals surface area contributed by atoms with E-state index in [9.17, 15) is 9.59 Å². The van der Waals surface area contributed by atoms with E-state index in [0.29, 0.717) is 19.6 Å². The lowest BCUT2D eigenvalue weighted by Gasteiger charge is -2.27. The van der Waals surface area contributed by atoms with E-state index >= 15 is 0 Å². The lowest BCUT2D eigenvalue weighted by molar-refractivity contribution is 0.160. The van der Waals surface area contributed by atoms with Gasteiger partial charge in [-0.15, -0.1) is 19.7 Å². The fraction of sp³-hybridized carbons (Fsp3) is 0.619. The molecule has 0 aliphatic carbocycles. The van der Waals surface area contributed by atoms with Crippen molar-refractivity contribution in [2.24, 2.45) is 0 Å². The smallest absolute Gasteiger partial charge is 0.327 e. The van der Waals surface area contributed by atoms with Crippen LogP contribution in [0.3, 0.4) is 0 Å². The number of carbonyl (C=O) groups excluding carboxylic acids is 2. The predicted molar refractivity (Wildman–Crippen MR) is 110 cm³/mol. The van der Waals surface area contributed by atoms with Crippen LogP contribution < -0.4 is 5.32 Å². The van der Waals surface area contributed by atoms with E-state index in [1.54, 1.807) is 11.9 Å². The van der Waals surface area contributed by atoms with Crippen LogP contribution in [0.15, 0.2) is 36.5 Å². The summed E-state index contributed by atoms with van der Waals surface area (Å²) < 4.78 is 0. The average Bonchev–Trinajstić information content (AvgIpc) is 2.53. The minimum absolute atomic E-state index is 0.258. The fourth-order valence-electron chi connectivity index (χ4n) is 2.42. The molecule has 0 aromatic carbocycles. The van der Waals surface area contributed by atoms with Gasteiger partial charge in [0, 0.05) is 26.7 Å². The molecule has 0 aromatic rings. The molecule has 0 atom stereocenters.